The van der Waals surface area contributed by atoms with E-state index in [9.17, 15) is 0 Å². The molecule has 3 heterocycles. The highest BCUT2D eigenvalue weighted by Gasteiger charge is 2.24. The zero-order valence-corrected chi connectivity index (χ0v) is 12.4. The van der Waals surface area contributed by atoms with E-state index in [4.69, 9.17) is 0 Å². The summed E-state index contributed by atoms with van der Waals surface area (Å²) in [5.41, 5.74) is 1.17. The fourth-order valence-electron chi connectivity index (χ4n) is 2.54. The van der Waals surface area contributed by atoms with Crippen molar-refractivity contribution in [3.63, 3.8) is 0 Å². The van der Waals surface area contributed by atoms with Crippen molar-refractivity contribution < 1.29 is 0 Å². The van der Waals surface area contributed by atoms with Gasteiger partial charge in [-0.1, -0.05) is 0 Å². The predicted molar refractivity (Wildman–Crippen MR) is 77.2 cm³/mol. The predicted octanol–water partition coefficient (Wildman–Crippen LogP) is 2.65. The fraction of sp³-hybridized carbons (Fsp3) is 0.462. The van der Waals surface area contributed by atoms with Crippen molar-refractivity contribution in [3.05, 3.63) is 34.5 Å². The lowest BCUT2D eigenvalue weighted by atomic mass is 9.96. The van der Waals surface area contributed by atoms with Crippen molar-refractivity contribution in [2.24, 2.45) is 0 Å². The number of hydrogen-bond donors (Lipinski definition) is 1. The first-order chi connectivity index (χ1) is 9.24. The second-order valence-electron chi connectivity index (χ2n) is 4.95. The average Bonchev–Trinajstić information content (AvgIpc) is 2.93. The molecule has 0 radical (unpaired) electrons. The Balaban J connectivity index is 1.70. The van der Waals surface area contributed by atoms with E-state index in [0.717, 1.165) is 42.0 Å². The molecule has 0 bridgehead atoms. The molecule has 2 aromatic heterocycles. The van der Waals surface area contributed by atoms with Gasteiger partial charge in [0.05, 0.1) is 4.47 Å². The first kappa shape index (κ1) is 12.6. The van der Waals surface area contributed by atoms with Crippen LogP contribution in [0.2, 0.25) is 0 Å². The van der Waals surface area contributed by atoms with Crippen molar-refractivity contribution in [1.29, 1.82) is 0 Å². The first-order valence-corrected chi connectivity index (χ1v) is 7.25. The summed E-state index contributed by atoms with van der Waals surface area (Å²) >= 11 is 3.60. The molecule has 2 aromatic rings. The summed E-state index contributed by atoms with van der Waals surface area (Å²) in [6, 6.07) is 2.12. The Bertz CT molecular complexity index is 546. The van der Waals surface area contributed by atoms with E-state index in [2.05, 4.69) is 54.0 Å². The maximum atomic E-state index is 4.53. The summed E-state index contributed by atoms with van der Waals surface area (Å²) in [7, 11) is 0. The van der Waals surface area contributed by atoms with E-state index >= 15 is 0 Å². The molecule has 0 saturated carbocycles. The molecule has 100 valence electrons. The van der Waals surface area contributed by atoms with E-state index in [1.807, 2.05) is 6.20 Å². The Kier molecular flexibility index (Phi) is 3.50. The average molecular weight is 322 g/mol. The minimum absolute atomic E-state index is 0.489. The summed E-state index contributed by atoms with van der Waals surface area (Å²) in [5.74, 6) is 2.54. The Labute approximate surface area is 120 Å². The van der Waals surface area contributed by atoms with E-state index in [1.54, 1.807) is 6.33 Å². The molecular formula is C13H16BrN5. The summed E-state index contributed by atoms with van der Waals surface area (Å²) in [5, 5.41) is 6.90. The zero-order valence-electron chi connectivity index (χ0n) is 10.8. The lowest BCUT2D eigenvalue weighted by molar-refractivity contribution is 0.484. The van der Waals surface area contributed by atoms with Crippen LogP contribution in [-0.2, 0) is 0 Å². The van der Waals surface area contributed by atoms with E-state index < -0.39 is 0 Å². The van der Waals surface area contributed by atoms with Crippen LogP contribution < -0.4 is 4.90 Å². The lowest BCUT2D eigenvalue weighted by Gasteiger charge is -2.32. The van der Waals surface area contributed by atoms with Crippen molar-refractivity contribution in [3.8, 4) is 0 Å². The lowest BCUT2D eigenvalue weighted by Crippen LogP contribution is -2.34. The van der Waals surface area contributed by atoms with Gasteiger partial charge in [-0.3, -0.25) is 5.10 Å². The maximum Gasteiger partial charge on any atom is 0.142 e. The number of aromatic amines is 1. The van der Waals surface area contributed by atoms with Crippen molar-refractivity contribution in [1.82, 2.24) is 20.2 Å². The number of H-pyrrole nitrogens is 1. The fourth-order valence-corrected chi connectivity index (χ4v) is 3.25. The molecule has 6 heteroatoms. The number of rotatable bonds is 2. The second kappa shape index (κ2) is 5.28. The van der Waals surface area contributed by atoms with E-state index in [0.29, 0.717) is 5.92 Å². The maximum absolute atomic E-state index is 4.53. The van der Waals surface area contributed by atoms with Gasteiger partial charge < -0.3 is 4.90 Å². The second-order valence-corrected chi connectivity index (χ2v) is 5.80. The molecule has 1 N–H and O–H groups in total. The number of anilines is 1. The van der Waals surface area contributed by atoms with Gasteiger partial charge in [-0.2, -0.15) is 5.10 Å². The largest absolute Gasteiger partial charge is 0.356 e. The molecule has 0 amide bonds. The number of nitrogens with one attached hydrogen (secondary N) is 1. The highest BCUT2D eigenvalue weighted by molar-refractivity contribution is 9.10. The van der Waals surface area contributed by atoms with Gasteiger partial charge in [0.25, 0.3) is 0 Å². The van der Waals surface area contributed by atoms with Crippen LogP contribution in [0.1, 0.15) is 30.1 Å². The molecule has 1 aliphatic rings. The quantitative estimate of drug-likeness (QED) is 0.923. The molecule has 0 aromatic carbocycles. The number of aromatic nitrogens is 4. The minimum atomic E-state index is 0.489. The molecule has 1 fully saturated rings. The van der Waals surface area contributed by atoms with E-state index in [1.165, 1.54) is 5.56 Å². The third kappa shape index (κ3) is 2.63. The summed E-state index contributed by atoms with van der Waals surface area (Å²) in [4.78, 5) is 11.1. The van der Waals surface area contributed by atoms with Gasteiger partial charge in [0.2, 0.25) is 0 Å². The molecule has 0 unspecified atom stereocenters. The molecule has 0 spiro atoms. The third-order valence-electron chi connectivity index (χ3n) is 3.57. The van der Waals surface area contributed by atoms with Crippen LogP contribution in [0.3, 0.4) is 0 Å². The molecular weight excluding hydrogens is 306 g/mol. The number of hydrogen-bond acceptors (Lipinski definition) is 4. The van der Waals surface area contributed by atoms with Crippen LogP contribution in [0.25, 0.3) is 0 Å². The van der Waals surface area contributed by atoms with Gasteiger partial charge in [-0.15, -0.1) is 0 Å². The smallest absolute Gasteiger partial charge is 0.142 e. The topological polar surface area (TPSA) is 57.7 Å². The molecule has 1 aliphatic heterocycles. The van der Waals surface area contributed by atoms with Crippen molar-refractivity contribution in [2.45, 2.75) is 25.7 Å². The molecule has 0 atom stereocenters. The van der Waals surface area contributed by atoms with Gasteiger partial charge in [-0.05, 0) is 47.3 Å². The van der Waals surface area contributed by atoms with Crippen LogP contribution in [0.4, 0.5) is 5.82 Å². The Morgan fingerprint density at radius 3 is 2.74 bits per heavy atom. The van der Waals surface area contributed by atoms with E-state index in [-0.39, 0.29) is 0 Å². The number of halogens is 1. The van der Waals surface area contributed by atoms with Crippen LogP contribution in [-0.4, -0.2) is 33.3 Å². The van der Waals surface area contributed by atoms with Gasteiger partial charge in [-0.25, -0.2) is 9.97 Å². The highest BCUT2D eigenvalue weighted by atomic mass is 79.9. The number of nitrogens with zero attached hydrogens (tertiary/aromatic N) is 4. The van der Waals surface area contributed by atoms with Crippen LogP contribution >= 0.6 is 15.9 Å². The highest BCUT2D eigenvalue weighted by Crippen LogP contribution is 2.31. The van der Waals surface area contributed by atoms with Gasteiger partial charge in [0.15, 0.2) is 0 Å². The first-order valence-electron chi connectivity index (χ1n) is 6.46. The van der Waals surface area contributed by atoms with Gasteiger partial charge >= 0.3 is 0 Å². The van der Waals surface area contributed by atoms with Crippen LogP contribution in [0.15, 0.2) is 23.1 Å². The number of piperidine rings is 1. The Morgan fingerprint density at radius 2 is 2.11 bits per heavy atom. The zero-order chi connectivity index (χ0) is 13.2. The summed E-state index contributed by atoms with van der Waals surface area (Å²) in [6.45, 7) is 4.05. The normalized spacial score (nSPS) is 16.8. The van der Waals surface area contributed by atoms with Crippen LogP contribution in [0.5, 0.6) is 0 Å². The minimum Gasteiger partial charge on any atom is -0.356 e. The Hall–Kier alpha value is -1.43. The monoisotopic (exact) mass is 321 g/mol. The molecule has 5 nitrogen and oxygen atoms in total. The summed E-state index contributed by atoms with van der Waals surface area (Å²) < 4.78 is 1.07. The molecule has 1 saturated heterocycles. The Morgan fingerprint density at radius 1 is 1.32 bits per heavy atom. The standard InChI is InChI=1S/C13H16BrN5/c1-9-6-11(14)13(15-7-9)19-4-2-10(3-5-19)12-16-8-17-18-12/h6-8,10H,2-5H2,1H3,(H,16,17,18). The molecule has 0 aliphatic carbocycles. The molecule has 3 rings (SSSR count). The number of pyridine rings is 1. The van der Waals surface area contributed by atoms with Crippen LogP contribution in [0, 0.1) is 6.92 Å². The van der Waals surface area contributed by atoms with Crippen molar-refractivity contribution >= 4 is 21.7 Å². The SMILES string of the molecule is Cc1cnc(N2CCC(c3ncn[nH]3)CC2)c(Br)c1. The van der Waals surface area contributed by atoms with Crippen molar-refractivity contribution in [2.75, 3.05) is 18.0 Å². The third-order valence-corrected chi connectivity index (χ3v) is 4.16. The summed E-state index contributed by atoms with van der Waals surface area (Å²) in [6.07, 6.45) is 5.66. The van der Waals surface area contributed by atoms with Gasteiger partial charge in [0.1, 0.15) is 18.0 Å². The van der Waals surface area contributed by atoms with Gasteiger partial charge in [0, 0.05) is 25.2 Å². The number of aryl methyl sites for hydroxylation is 1. The molecule has 19 heavy (non-hydrogen) atoms.